The minimum Gasteiger partial charge on any atom is -0.268 e. The molecule has 80 valence electrons. The first-order valence-corrected chi connectivity index (χ1v) is 5.37. The highest BCUT2D eigenvalue weighted by Crippen LogP contribution is 2.05. The van der Waals surface area contributed by atoms with Crippen LogP contribution >= 0.6 is 0 Å². The second kappa shape index (κ2) is 6.02. The first-order valence-electron chi connectivity index (χ1n) is 5.37. The van der Waals surface area contributed by atoms with E-state index in [0.717, 1.165) is 6.54 Å². The number of hydrogen-bond acceptors (Lipinski definition) is 1. The fourth-order valence-corrected chi connectivity index (χ4v) is 1.39. The summed E-state index contributed by atoms with van der Waals surface area (Å²) in [6.45, 7) is 6.96. The van der Waals surface area contributed by atoms with Crippen LogP contribution in [0.3, 0.4) is 0 Å². The number of aryl methyl sites for hydroxylation is 1. The lowest BCUT2D eigenvalue weighted by atomic mass is 10.1. The molecule has 1 aromatic carbocycles. The van der Waals surface area contributed by atoms with Gasteiger partial charge < -0.3 is 0 Å². The maximum Gasteiger partial charge on any atom is 0.0659 e. The van der Waals surface area contributed by atoms with Crippen LogP contribution in [0.4, 0.5) is 0 Å². The van der Waals surface area contributed by atoms with Crippen molar-refractivity contribution < 1.29 is 0 Å². The highest BCUT2D eigenvalue weighted by Gasteiger charge is 1.94. The average Bonchev–Trinajstić information content (AvgIpc) is 2.74. The van der Waals surface area contributed by atoms with Gasteiger partial charge in [0.1, 0.15) is 0 Å². The average molecular weight is 202 g/mol. The Morgan fingerprint density at radius 3 is 2.60 bits per heavy atom. The van der Waals surface area contributed by atoms with Gasteiger partial charge in [-0.15, -0.1) is 0 Å². The molecule has 2 heteroatoms. The molecule has 1 aromatic heterocycles. The lowest BCUT2D eigenvalue weighted by molar-refractivity contribution is 0.686. The molecule has 0 atom stereocenters. The van der Waals surface area contributed by atoms with E-state index in [-0.39, 0.29) is 0 Å². The summed E-state index contributed by atoms with van der Waals surface area (Å²) in [5.41, 5.74) is 2.59. The number of aromatic nitrogens is 2. The third-order valence-electron chi connectivity index (χ3n) is 1.99. The van der Waals surface area contributed by atoms with Crippen molar-refractivity contribution in [2.45, 2.75) is 27.3 Å². The molecule has 0 bridgehead atoms. The molecule has 0 saturated heterocycles. The van der Waals surface area contributed by atoms with Gasteiger partial charge in [0.05, 0.1) is 6.54 Å². The SMILES string of the molecule is CC.Cc1cccc(Cn2cccn2)c1. The van der Waals surface area contributed by atoms with Crippen molar-refractivity contribution in [1.29, 1.82) is 0 Å². The Kier molecular flexibility index (Phi) is 4.61. The zero-order chi connectivity index (χ0) is 11.1. The standard InChI is InChI=1S/C11H12N2.C2H6/c1-10-4-2-5-11(8-10)9-13-7-3-6-12-13;1-2/h2-8H,9H2,1H3;1-2H3. The minimum absolute atomic E-state index is 0.856. The minimum atomic E-state index is 0.856. The van der Waals surface area contributed by atoms with Gasteiger partial charge >= 0.3 is 0 Å². The van der Waals surface area contributed by atoms with Crippen molar-refractivity contribution in [3.8, 4) is 0 Å². The number of hydrogen-bond donors (Lipinski definition) is 0. The van der Waals surface area contributed by atoms with Crippen LogP contribution in [0.25, 0.3) is 0 Å². The summed E-state index contributed by atoms with van der Waals surface area (Å²) >= 11 is 0. The van der Waals surface area contributed by atoms with E-state index in [1.165, 1.54) is 11.1 Å². The zero-order valence-corrected chi connectivity index (χ0v) is 9.64. The molecule has 2 nitrogen and oxygen atoms in total. The Labute approximate surface area is 91.6 Å². The molecular formula is C13H18N2. The molecule has 0 aliphatic heterocycles. The van der Waals surface area contributed by atoms with Crippen molar-refractivity contribution >= 4 is 0 Å². The van der Waals surface area contributed by atoms with Crippen LogP contribution in [0, 0.1) is 6.92 Å². The van der Waals surface area contributed by atoms with E-state index in [1.807, 2.05) is 30.8 Å². The van der Waals surface area contributed by atoms with E-state index in [2.05, 4.69) is 36.3 Å². The molecule has 2 rings (SSSR count). The number of benzene rings is 1. The van der Waals surface area contributed by atoms with Crippen LogP contribution in [-0.4, -0.2) is 9.78 Å². The first-order chi connectivity index (χ1) is 7.34. The van der Waals surface area contributed by atoms with Crippen LogP contribution in [0.15, 0.2) is 42.7 Å². The van der Waals surface area contributed by atoms with Gasteiger partial charge in [0.25, 0.3) is 0 Å². The Hall–Kier alpha value is -1.57. The summed E-state index contributed by atoms with van der Waals surface area (Å²) < 4.78 is 1.93. The van der Waals surface area contributed by atoms with Crippen molar-refractivity contribution in [1.82, 2.24) is 9.78 Å². The van der Waals surface area contributed by atoms with Crippen LogP contribution < -0.4 is 0 Å². The van der Waals surface area contributed by atoms with Crippen LogP contribution in [0.2, 0.25) is 0 Å². The number of rotatable bonds is 2. The van der Waals surface area contributed by atoms with E-state index in [4.69, 9.17) is 0 Å². The Balaban J connectivity index is 0.000000531. The van der Waals surface area contributed by atoms with Gasteiger partial charge in [-0.2, -0.15) is 5.10 Å². The Morgan fingerprint density at radius 2 is 2.00 bits per heavy atom. The first kappa shape index (κ1) is 11.5. The van der Waals surface area contributed by atoms with Gasteiger partial charge in [-0.25, -0.2) is 0 Å². The van der Waals surface area contributed by atoms with Gasteiger partial charge in [0, 0.05) is 12.4 Å². The normalized spacial score (nSPS) is 9.27. The maximum absolute atomic E-state index is 4.16. The molecule has 0 aliphatic carbocycles. The molecule has 0 aliphatic rings. The summed E-state index contributed by atoms with van der Waals surface area (Å²) in [6, 6.07) is 10.4. The van der Waals surface area contributed by atoms with Crippen molar-refractivity contribution in [2.75, 3.05) is 0 Å². The summed E-state index contributed by atoms with van der Waals surface area (Å²) in [4.78, 5) is 0. The fraction of sp³-hybridized carbons (Fsp3) is 0.308. The molecule has 0 N–H and O–H groups in total. The Bertz CT molecular complexity index is 377. The molecule has 1 heterocycles. The molecule has 0 unspecified atom stereocenters. The molecule has 2 aromatic rings. The second-order valence-corrected chi connectivity index (χ2v) is 3.19. The third kappa shape index (κ3) is 3.58. The molecule has 0 spiro atoms. The second-order valence-electron chi connectivity index (χ2n) is 3.19. The molecule has 0 fully saturated rings. The largest absolute Gasteiger partial charge is 0.268 e. The van der Waals surface area contributed by atoms with Crippen molar-refractivity contribution in [2.24, 2.45) is 0 Å². The Morgan fingerprint density at radius 1 is 1.20 bits per heavy atom. The van der Waals surface area contributed by atoms with Crippen LogP contribution in [0.5, 0.6) is 0 Å². The lowest BCUT2D eigenvalue weighted by Gasteiger charge is -2.02. The fourth-order valence-electron chi connectivity index (χ4n) is 1.39. The van der Waals surface area contributed by atoms with Crippen molar-refractivity contribution in [3.05, 3.63) is 53.9 Å². The highest BCUT2D eigenvalue weighted by molar-refractivity contribution is 5.22. The smallest absolute Gasteiger partial charge is 0.0659 e. The monoisotopic (exact) mass is 202 g/mol. The topological polar surface area (TPSA) is 17.8 Å². The quantitative estimate of drug-likeness (QED) is 0.731. The molecule has 0 saturated carbocycles. The van der Waals surface area contributed by atoms with E-state index >= 15 is 0 Å². The van der Waals surface area contributed by atoms with Gasteiger partial charge in [-0.3, -0.25) is 4.68 Å². The van der Waals surface area contributed by atoms with E-state index in [0.29, 0.717) is 0 Å². The lowest BCUT2D eigenvalue weighted by Crippen LogP contribution is -1.99. The van der Waals surface area contributed by atoms with Gasteiger partial charge in [-0.1, -0.05) is 43.7 Å². The molecular weight excluding hydrogens is 184 g/mol. The summed E-state index contributed by atoms with van der Waals surface area (Å²) in [5.74, 6) is 0. The summed E-state index contributed by atoms with van der Waals surface area (Å²) in [5, 5.41) is 4.16. The predicted octanol–water partition coefficient (Wildman–Crippen LogP) is 3.27. The third-order valence-corrected chi connectivity index (χ3v) is 1.99. The zero-order valence-electron chi connectivity index (χ0n) is 9.64. The maximum atomic E-state index is 4.16. The van der Waals surface area contributed by atoms with E-state index in [9.17, 15) is 0 Å². The summed E-state index contributed by atoms with van der Waals surface area (Å²) in [7, 11) is 0. The molecule has 0 radical (unpaired) electrons. The van der Waals surface area contributed by atoms with Gasteiger partial charge in [-0.05, 0) is 18.6 Å². The van der Waals surface area contributed by atoms with Crippen molar-refractivity contribution in [3.63, 3.8) is 0 Å². The van der Waals surface area contributed by atoms with E-state index in [1.54, 1.807) is 6.20 Å². The van der Waals surface area contributed by atoms with Crippen LogP contribution in [0.1, 0.15) is 25.0 Å². The molecule has 0 amide bonds. The number of nitrogens with zero attached hydrogens (tertiary/aromatic N) is 2. The summed E-state index contributed by atoms with van der Waals surface area (Å²) in [6.07, 6.45) is 3.78. The van der Waals surface area contributed by atoms with E-state index < -0.39 is 0 Å². The molecule has 15 heavy (non-hydrogen) atoms. The highest BCUT2D eigenvalue weighted by atomic mass is 15.3. The van der Waals surface area contributed by atoms with Crippen LogP contribution in [-0.2, 0) is 6.54 Å². The predicted molar refractivity (Wildman–Crippen MR) is 63.9 cm³/mol. The van der Waals surface area contributed by atoms with Gasteiger partial charge in [0.15, 0.2) is 0 Å². The van der Waals surface area contributed by atoms with Gasteiger partial charge in [0.2, 0.25) is 0 Å².